The Balaban J connectivity index is 2.25. The monoisotopic (exact) mass is 242 g/mol. The molecular formula is C13H26N2O2. The van der Waals surface area contributed by atoms with Crippen molar-refractivity contribution in [2.24, 2.45) is 11.7 Å². The maximum Gasteiger partial charge on any atom is 0.239 e. The van der Waals surface area contributed by atoms with Crippen molar-refractivity contribution in [1.29, 1.82) is 0 Å². The molecule has 1 rings (SSSR count). The molecule has 1 aliphatic rings. The molecule has 0 aliphatic heterocycles. The van der Waals surface area contributed by atoms with Gasteiger partial charge in [0.25, 0.3) is 0 Å². The summed E-state index contributed by atoms with van der Waals surface area (Å²) >= 11 is 0. The molecule has 4 heteroatoms. The number of amides is 1. The van der Waals surface area contributed by atoms with E-state index < -0.39 is 5.54 Å². The van der Waals surface area contributed by atoms with Crippen LogP contribution in [-0.4, -0.2) is 30.7 Å². The smallest absolute Gasteiger partial charge is 0.239 e. The number of ether oxygens (including phenoxy) is 1. The fourth-order valence-electron chi connectivity index (χ4n) is 2.13. The highest BCUT2D eigenvalue weighted by Crippen LogP contribution is 2.29. The minimum absolute atomic E-state index is 0.211. The summed E-state index contributed by atoms with van der Waals surface area (Å²) in [6, 6.07) is 0.211. The second-order valence-electron chi connectivity index (χ2n) is 5.63. The zero-order valence-electron chi connectivity index (χ0n) is 11.3. The fourth-order valence-corrected chi connectivity index (χ4v) is 2.13. The standard InChI is InChI=1S/C13H26N2O2/c1-10(2)15-13(3,12(14)16)9-17-8-7-11-5-4-6-11/h10-11,15H,4-9H2,1-3H3,(H2,14,16). The maximum absolute atomic E-state index is 11.4. The van der Waals surface area contributed by atoms with Crippen molar-refractivity contribution in [2.45, 2.75) is 58.0 Å². The van der Waals surface area contributed by atoms with Crippen LogP contribution in [0.2, 0.25) is 0 Å². The quantitative estimate of drug-likeness (QED) is 0.633. The Morgan fingerprint density at radius 1 is 1.53 bits per heavy atom. The van der Waals surface area contributed by atoms with Gasteiger partial charge in [-0.1, -0.05) is 19.3 Å². The first kappa shape index (κ1) is 14.5. The van der Waals surface area contributed by atoms with E-state index in [9.17, 15) is 4.79 Å². The Labute approximate surface area is 104 Å². The van der Waals surface area contributed by atoms with Gasteiger partial charge in [0.15, 0.2) is 0 Å². The van der Waals surface area contributed by atoms with Crippen molar-refractivity contribution in [3.63, 3.8) is 0 Å². The Kier molecular flexibility index (Phi) is 5.40. The van der Waals surface area contributed by atoms with Crippen LogP contribution in [0, 0.1) is 5.92 Å². The van der Waals surface area contributed by atoms with Crippen LogP contribution in [0.25, 0.3) is 0 Å². The lowest BCUT2D eigenvalue weighted by molar-refractivity contribution is -0.126. The number of nitrogens with two attached hydrogens (primary N) is 1. The van der Waals surface area contributed by atoms with E-state index in [-0.39, 0.29) is 11.9 Å². The molecule has 0 bridgehead atoms. The van der Waals surface area contributed by atoms with Crippen molar-refractivity contribution >= 4 is 5.91 Å². The Morgan fingerprint density at radius 3 is 2.59 bits per heavy atom. The first-order valence-electron chi connectivity index (χ1n) is 6.59. The van der Waals surface area contributed by atoms with Gasteiger partial charge < -0.3 is 10.5 Å². The predicted octanol–water partition coefficient (Wildman–Crippen LogP) is 1.44. The number of hydrogen-bond donors (Lipinski definition) is 2. The summed E-state index contributed by atoms with van der Waals surface area (Å²) in [7, 11) is 0. The van der Waals surface area contributed by atoms with Crippen LogP contribution in [0.5, 0.6) is 0 Å². The Morgan fingerprint density at radius 2 is 2.18 bits per heavy atom. The molecule has 0 heterocycles. The zero-order valence-corrected chi connectivity index (χ0v) is 11.3. The van der Waals surface area contributed by atoms with Crippen molar-refractivity contribution in [3.05, 3.63) is 0 Å². The van der Waals surface area contributed by atoms with Gasteiger partial charge in [-0.25, -0.2) is 0 Å². The number of nitrogens with one attached hydrogen (secondary N) is 1. The van der Waals surface area contributed by atoms with Gasteiger partial charge in [0.1, 0.15) is 5.54 Å². The van der Waals surface area contributed by atoms with Crippen LogP contribution in [0.4, 0.5) is 0 Å². The minimum Gasteiger partial charge on any atom is -0.379 e. The maximum atomic E-state index is 11.4. The minimum atomic E-state index is -0.756. The molecule has 1 aliphatic carbocycles. The summed E-state index contributed by atoms with van der Waals surface area (Å²) in [4.78, 5) is 11.4. The predicted molar refractivity (Wildman–Crippen MR) is 68.6 cm³/mol. The third kappa shape index (κ3) is 4.64. The molecule has 17 heavy (non-hydrogen) atoms. The van der Waals surface area contributed by atoms with Gasteiger partial charge in [0, 0.05) is 12.6 Å². The SMILES string of the molecule is CC(C)NC(C)(COCCC1CCC1)C(N)=O. The highest BCUT2D eigenvalue weighted by Gasteiger charge is 2.31. The van der Waals surface area contributed by atoms with Gasteiger partial charge in [0.05, 0.1) is 6.61 Å². The average Bonchev–Trinajstić information content (AvgIpc) is 2.13. The lowest BCUT2D eigenvalue weighted by atomic mass is 9.83. The number of carbonyl (C=O) groups excluding carboxylic acids is 1. The van der Waals surface area contributed by atoms with Crippen molar-refractivity contribution in [1.82, 2.24) is 5.32 Å². The summed E-state index contributed by atoms with van der Waals surface area (Å²) in [5.74, 6) is 0.489. The number of carbonyl (C=O) groups is 1. The van der Waals surface area contributed by atoms with Gasteiger partial charge in [-0.3, -0.25) is 10.1 Å². The third-order valence-electron chi connectivity index (χ3n) is 3.44. The Hall–Kier alpha value is -0.610. The van der Waals surface area contributed by atoms with Crippen LogP contribution in [0.3, 0.4) is 0 Å². The molecule has 1 saturated carbocycles. The molecule has 4 nitrogen and oxygen atoms in total. The van der Waals surface area contributed by atoms with E-state index >= 15 is 0 Å². The zero-order chi connectivity index (χ0) is 12.9. The topological polar surface area (TPSA) is 64.3 Å². The van der Waals surface area contributed by atoms with E-state index in [1.807, 2.05) is 13.8 Å². The summed E-state index contributed by atoms with van der Waals surface area (Å²) in [6.45, 7) is 6.88. The van der Waals surface area contributed by atoms with E-state index in [1.54, 1.807) is 6.92 Å². The highest BCUT2D eigenvalue weighted by molar-refractivity contribution is 5.84. The molecule has 1 unspecified atom stereocenters. The van der Waals surface area contributed by atoms with Crippen LogP contribution in [0.15, 0.2) is 0 Å². The van der Waals surface area contributed by atoms with E-state index in [0.717, 1.165) is 18.9 Å². The molecule has 0 aromatic heterocycles. The molecule has 1 amide bonds. The summed E-state index contributed by atoms with van der Waals surface area (Å²) in [6.07, 6.45) is 5.14. The fraction of sp³-hybridized carbons (Fsp3) is 0.923. The van der Waals surface area contributed by atoms with E-state index in [1.165, 1.54) is 19.3 Å². The van der Waals surface area contributed by atoms with Crippen LogP contribution in [-0.2, 0) is 9.53 Å². The van der Waals surface area contributed by atoms with E-state index in [0.29, 0.717) is 6.61 Å². The Bertz CT molecular complexity index is 252. The van der Waals surface area contributed by atoms with Crippen LogP contribution < -0.4 is 11.1 Å². The summed E-state index contributed by atoms with van der Waals surface area (Å²) in [5, 5.41) is 3.17. The first-order valence-corrected chi connectivity index (χ1v) is 6.59. The molecule has 1 atom stereocenters. The summed E-state index contributed by atoms with van der Waals surface area (Å²) in [5.41, 5.74) is 4.66. The molecule has 0 saturated heterocycles. The molecule has 0 spiro atoms. The molecule has 0 radical (unpaired) electrons. The van der Waals surface area contributed by atoms with Crippen LogP contribution >= 0.6 is 0 Å². The molecule has 0 aromatic rings. The number of rotatable bonds is 8. The second-order valence-corrected chi connectivity index (χ2v) is 5.63. The first-order chi connectivity index (χ1) is 7.94. The third-order valence-corrected chi connectivity index (χ3v) is 3.44. The number of hydrogen-bond acceptors (Lipinski definition) is 3. The van der Waals surface area contributed by atoms with Gasteiger partial charge in [-0.15, -0.1) is 0 Å². The largest absolute Gasteiger partial charge is 0.379 e. The lowest BCUT2D eigenvalue weighted by Gasteiger charge is -2.30. The molecule has 1 fully saturated rings. The van der Waals surface area contributed by atoms with Crippen molar-refractivity contribution < 1.29 is 9.53 Å². The molecule has 3 N–H and O–H groups in total. The molecular weight excluding hydrogens is 216 g/mol. The van der Waals surface area contributed by atoms with Crippen LogP contribution in [0.1, 0.15) is 46.5 Å². The van der Waals surface area contributed by atoms with Gasteiger partial charge in [0.2, 0.25) is 5.91 Å². The van der Waals surface area contributed by atoms with E-state index in [2.05, 4.69) is 5.32 Å². The lowest BCUT2D eigenvalue weighted by Crippen LogP contribution is -2.58. The van der Waals surface area contributed by atoms with Gasteiger partial charge in [-0.2, -0.15) is 0 Å². The van der Waals surface area contributed by atoms with Crippen molar-refractivity contribution in [3.8, 4) is 0 Å². The molecule has 100 valence electrons. The summed E-state index contributed by atoms with van der Waals surface area (Å²) < 4.78 is 5.60. The normalized spacial score (nSPS) is 20.0. The second kappa shape index (κ2) is 6.36. The number of primary amides is 1. The van der Waals surface area contributed by atoms with Crippen molar-refractivity contribution in [2.75, 3.05) is 13.2 Å². The average molecular weight is 242 g/mol. The molecule has 0 aromatic carbocycles. The van der Waals surface area contributed by atoms with E-state index in [4.69, 9.17) is 10.5 Å². The van der Waals surface area contributed by atoms with Gasteiger partial charge >= 0.3 is 0 Å². The highest BCUT2D eigenvalue weighted by atomic mass is 16.5. The van der Waals surface area contributed by atoms with Gasteiger partial charge in [-0.05, 0) is 33.1 Å².